The Hall–Kier alpha value is -0.900. The molecule has 0 aromatic heterocycles. The molecule has 1 fully saturated rings. The average molecular weight is 319 g/mol. The minimum Gasteiger partial charge on any atom is -0.271 e. The van der Waals surface area contributed by atoms with E-state index in [0.29, 0.717) is 5.92 Å². The lowest BCUT2D eigenvalue weighted by Gasteiger charge is -2.23. The van der Waals surface area contributed by atoms with E-state index in [4.69, 9.17) is 5.84 Å². The molecule has 3 N–H and O–H groups in total. The molecule has 1 aliphatic carbocycles. The second-order valence-electron chi connectivity index (χ2n) is 5.44. The van der Waals surface area contributed by atoms with Gasteiger partial charge < -0.3 is 0 Å². The Bertz CT molecular complexity index is 576. The van der Waals surface area contributed by atoms with Crippen molar-refractivity contribution in [3.63, 3.8) is 0 Å². The number of nitrogens with two attached hydrogens (primary N) is 1. The molecule has 3 heteroatoms. The van der Waals surface area contributed by atoms with Crippen LogP contribution in [0.15, 0.2) is 40.9 Å². The highest BCUT2D eigenvalue weighted by molar-refractivity contribution is 9.10. The summed E-state index contributed by atoms with van der Waals surface area (Å²) in [6.45, 7) is 0. The van der Waals surface area contributed by atoms with E-state index in [9.17, 15) is 0 Å². The van der Waals surface area contributed by atoms with Crippen LogP contribution in [-0.2, 0) is 0 Å². The minimum absolute atomic E-state index is 0.288. The third kappa shape index (κ3) is 2.69. The maximum atomic E-state index is 5.80. The molecule has 0 saturated heterocycles. The maximum absolute atomic E-state index is 5.80. The van der Waals surface area contributed by atoms with Gasteiger partial charge in [-0.1, -0.05) is 47.0 Å². The molecular formula is C16H19BrN2. The fourth-order valence-electron chi connectivity index (χ4n) is 3.22. The molecule has 2 nitrogen and oxygen atoms in total. The average Bonchev–Trinajstić information content (AvgIpc) is 2.93. The Morgan fingerprint density at radius 3 is 2.47 bits per heavy atom. The zero-order valence-corrected chi connectivity index (χ0v) is 12.5. The molecule has 0 heterocycles. The molecule has 0 amide bonds. The molecule has 0 spiro atoms. The third-order valence-corrected chi connectivity index (χ3v) is 4.73. The highest BCUT2D eigenvalue weighted by Crippen LogP contribution is 2.36. The predicted molar refractivity (Wildman–Crippen MR) is 83.7 cm³/mol. The van der Waals surface area contributed by atoms with E-state index < -0.39 is 0 Å². The van der Waals surface area contributed by atoms with Gasteiger partial charge >= 0.3 is 0 Å². The van der Waals surface area contributed by atoms with Crippen LogP contribution in [0.25, 0.3) is 10.8 Å². The van der Waals surface area contributed by atoms with Gasteiger partial charge in [-0.2, -0.15) is 0 Å². The summed E-state index contributed by atoms with van der Waals surface area (Å²) < 4.78 is 1.12. The Labute approximate surface area is 122 Å². The van der Waals surface area contributed by atoms with Gasteiger partial charge in [0.25, 0.3) is 0 Å². The van der Waals surface area contributed by atoms with Crippen LogP contribution in [0.4, 0.5) is 0 Å². The number of fused-ring (bicyclic) bond motifs is 1. The summed E-state index contributed by atoms with van der Waals surface area (Å²) >= 11 is 3.52. The van der Waals surface area contributed by atoms with Crippen molar-refractivity contribution < 1.29 is 0 Å². The molecular weight excluding hydrogens is 300 g/mol. The number of hydrazine groups is 1. The molecule has 0 bridgehead atoms. The highest BCUT2D eigenvalue weighted by Gasteiger charge is 2.25. The number of hydrogen-bond donors (Lipinski definition) is 2. The smallest absolute Gasteiger partial charge is 0.0488 e. The van der Waals surface area contributed by atoms with Gasteiger partial charge in [0.05, 0.1) is 0 Å². The summed E-state index contributed by atoms with van der Waals surface area (Å²) in [6, 6.07) is 13.4. The summed E-state index contributed by atoms with van der Waals surface area (Å²) in [5.41, 5.74) is 4.34. The van der Waals surface area contributed by atoms with Crippen molar-refractivity contribution in [3.05, 3.63) is 46.4 Å². The Balaban J connectivity index is 1.96. The molecule has 2 aromatic rings. The summed E-state index contributed by atoms with van der Waals surface area (Å²) in [5.74, 6) is 6.47. The van der Waals surface area contributed by atoms with E-state index in [1.165, 1.54) is 42.0 Å². The van der Waals surface area contributed by atoms with Gasteiger partial charge in [0.1, 0.15) is 0 Å². The van der Waals surface area contributed by atoms with Crippen LogP contribution in [0.1, 0.15) is 37.3 Å². The van der Waals surface area contributed by atoms with Crippen molar-refractivity contribution in [1.82, 2.24) is 5.43 Å². The van der Waals surface area contributed by atoms with E-state index in [0.717, 1.165) is 4.47 Å². The summed E-state index contributed by atoms with van der Waals surface area (Å²) in [6.07, 6.45) is 5.24. The number of rotatable bonds is 3. The van der Waals surface area contributed by atoms with Crippen LogP contribution in [0.5, 0.6) is 0 Å². The molecule has 3 rings (SSSR count). The van der Waals surface area contributed by atoms with Gasteiger partial charge in [0.2, 0.25) is 0 Å². The van der Waals surface area contributed by atoms with E-state index in [-0.39, 0.29) is 6.04 Å². The summed E-state index contributed by atoms with van der Waals surface area (Å²) in [4.78, 5) is 0. The topological polar surface area (TPSA) is 38.0 Å². The second kappa shape index (κ2) is 5.61. The molecule has 1 atom stereocenters. The van der Waals surface area contributed by atoms with E-state index in [1.807, 2.05) is 0 Å². The largest absolute Gasteiger partial charge is 0.271 e. The lowest BCUT2D eigenvalue weighted by molar-refractivity contribution is 0.374. The van der Waals surface area contributed by atoms with Crippen molar-refractivity contribution in [2.75, 3.05) is 0 Å². The van der Waals surface area contributed by atoms with E-state index in [2.05, 4.69) is 57.8 Å². The highest BCUT2D eigenvalue weighted by atomic mass is 79.9. The van der Waals surface area contributed by atoms with E-state index in [1.54, 1.807) is 0 Å². The van der Waals surface area contributed by atoms with Gasteiger partial charge in [-0.05, 0) is 53.3 Å². The van der Waals surface area contributed by atoms with Crippen LogP contribution >= 0.6 is 15.9 Å². The number of benzene rings is 2. The number of hydrogen-bond acceptors (Lipinski definition) is 2. The van der Waals surface area contributed by atoms with Crippen molar-refractivity contribution in [3.8, 4) is 0 Å². The fraction of sp³-hybridized carbons (Fsp3) is 0.375. The Morgan fingerprint density at radius 1 is 1.05 bits per heavy atom. The maximum Gasteiger partial charge on any atom is 0.0488 e. The monoisotopic (exact) mass is 318 g/mol. The number of halogens is 1. The molecule has 1 saturated carbocycles. The van der Waals surface area contributed by atoms with Crippen molar-refractivity contribution in [2.45, 2.75) is 31.7 Å². The third-order valence-electron chi connectivity index (χ3n) is 4.24. The van der Waals surface area contributed by atoms with Crippen LogP contribution in [0.3, 0.4) is 0 Å². The lowest BCUT2D eigenvalue weighted by Crippen LogP contribution is -2.32. The van der Waals surface area contributed by atoms with Crippen LogP contribution in [-0.4, -0.2) is 0 Å². The first-order valence-electron chi connectivity index (χ1n) is 6.93. The fourth-order valence-corrected chi connectivity index (χ4v) is 3.60. The zero-order chi connectivity index (χ0) is 13.2. The second-order valence-corrected chi connectivity index (χ2v) is 6.36. The lowest BCUT2D eigenvalue weighted by atomic mass is 9.91. The molecule has 0 aliphatic heterocycles. The van der Waals surface area contributed by atoms with Crippen molar-refractivity contribution >= 4 is 26.7 Å². The van der Waals surface area contributed by atoms with Gasteiger partial charge in [0.15, 0.2) is 0 Å². The minimum atomic E-state index is 0.288. The first-order chi connectivity index (χ1) is 9.28. The molecule has 19 heavy (non-hydrogen) atoms. The molecule has 100 valence electrons. The van der Waals surface area contributed by atoms with Gasteiger partial charge in [-0.15, -0.1) is 0 Å². The predicted octanol–water partition coefficient (Wildman–Crippen LogP) is 4.30. The van der Waals surface area contributed by atoms with Crippen LogP contribution in [0, 0.1) is 5.92 Å². The van der Waals surface area contributed by atoms with Crippen molar-refractivity contribution in [1.29, 1.82) is 0 Å². The first-order valence-corrected chi connectivity index (χ1v) is 7.72. The molecule has 0 radical (unpaired) electrons. The Kier molecular flexibility index (Phi) is 3.87. The molecule has 2 aromatic carbocycles. The quantitative estimate of drug-likeness (QED) is 0.654. The molecule has 1 unspecified atom stereocenters. The van der Waals surface area contributed by atoms with Gasteiger partial charge in [-0.3, -0.25) is 11.3 Å². The zero-order valence-electron chi connectivity index (χ0n) is 10.9. The normalized spacial score (nSPS) is 18.0. The van der Waals surface area contributed by atoms with Crippen LogP contribution < -0.4 is 11.3 Å². The van der Waals surface area contributed by atoms with Crippen LogP contribution in [0.2, 0.25) is 0 Å². The first kappa shape index (κ1) is 13.1. The van der Waals surface area contributed by atoms with Gasteiger partial charge in [-0.25, -0.2) is 0 Å². The molecule has 1 aliphatic rings. The summed E-state index contributed by atoms with van der Waals surface area (Å²) in [7, 11) is 0. The SMILES string of the molecule is NNC(c1ccc2cc(Br)ccc2c1)C1CCCC1. The Morgan fingerprint density at radius 2 is 1.74 bits per heavy atom. The standard InChI is InChI=1S/C16H19BrN2/c17-15-8-7-12-9-14(6-5-13(12)10-15)16(19-18)11-3-1-2-4-11/h5-11,16,19H,1-4,18H2. The van der Waals surface area contributed by atoms with Gasteiger partial charge in [0, 0.05) is 10.5 Å². The van der Waals surface area contributed by atoms with Crippen molar-refractivity contribution in [2.24, 2.45) is 11.8 Å². The van der Waals surface area contributed by atoms with E-state index >= 15 is 0 Å². The number of nitrogens with one attached hydrogen (secondary N) is 1. The summed E-state index contributed by atoms with van der Waals surface area (Å²) in [5, 5.41) is 2.54.